The minimum atomic E-state index is -0.291. The largest absolute Gasteiger partial charge is 0.396 e. The number of aliphatic hydroxyl groups is 1. The van der Waals surface area contributed by atoms with Crippen LogP contribution < -0.4 is 10.6 Å². The van der Waals surface area contributed by atoms with Crippen molar-refractivity contribution in [2.24, 2.45) is 5.92 Å². The fourth-order valence-electron chi connectivity index (χ4n) is 2.25. The van der Waals surface area contributed by atoms with Crippen molar-refractivity contribution in [1.82, 2.24) is 20.5 Å². The molecule has 0 bridgehead atoms. The average molecular weight is 317 g/mol. The molecule has 7 nitrogen and oxygen atoms in total. The van der Waals surface area contributed by atoms with Crippen molar-refractivity contribution >= 4 is 11.7 Å². The smallest absolute Gasteiger partial charge is 0.319 e. The van der Waals surface area contributed by atoms with E-state index in [2.05, 4.69) is 25.8 Å². The summed E-state index contributed by atoms with van der Waals surface area (Å²) in [7, 11) is 0. The number of aliphatic hydroxyl groups excluding tert-OH is 1. The number of aromatic nitrogens is 3. The number of nitrogens with one attached hydrogen (secondary N) is 3. The summed E-state index contributed by atoms with van der Waals surface area (Å²) >= 11 is 0. The fourth-order valence-corrected chi connectivity index (χ4v) is 2.25. The number of amides is 2. The first-order valence-electron chi connectivity index (χ1n) is 7.67. The van der Waals surface area contributed by atoms with Crippen LogP contribution in [0.15, 0.2) is 24.3 Å². The summed E-state index contributed by atoms with van der Waals surface area (Å²) in [6.45, 7) is 5.89. The van der Waals surface area contributed by atoms with E-state index in [1.165, 1.54) is 0 Å². The molecule has 2 aromatic rings. The van der Waals surface area contributed by atoms with Gasteiger partial charge in [-0.25, -0.2) is 9.78 Å². The van der Waals surface area contributed by atoms with E-state index < -0.39 is 0 Å². The van der Waals surface area contributed by atoms with Crippen molar-refractivity contribution < 1.29 is 9.90 Å². The quantitative estimate of drug-likeness (QED) is 0.656. The van der Waals surface area contributed by atoms with Gasteiger partial charge in [0.05, 0.1) is 0 Å². The SMILES string of the molecule is Cc1nc(-c2cccc(NC(=O)NC(CCO)C(C)C)c2)n[nH]1. The van der Waals surface area contributed by atoms with E-state index in [0.717, 1.165) is 11.4 Å². The van der Waals surface area contributed by atoms with E-state index in [1.54, 1.807) is 6.07 Å². The number of hydrogen-bond donors (Lipinski definition) is 4. The number of nitrogens with zero attached hydrogens (tertiary/aromatic N) is 2. The van der Waals surface area contributed by atoms with Crippen LogP contribution in [0.25, 0.3) is 11.4 Å². The van der Waals surface area contributed by atoms with Crippen LogP contribution in [0.4, 0.5) is 10.5 Å². The minimum Gasteiger partial charge on any atom is -0.396 e. The monoisotopic (exact) mass is 317 g/mol. The molecule has 0 saturated carbocycles. The average Bonchev–Trinajstić information content (AvgIpc) is 2.93. The third-order valence-electron chi connectivity index (χ3n) is 3.54. The molecule has 124 valence electrons. The Balaban J connectivity index is 2.04. The maximum absolute atomic E-state index is 12.1. The lowest BCUT2D eigenvalue weighted by Gasteiger charge is -2.21. The highest BCUT2D eigenvalue weighted by Gasteiger charge is 2.15. The van der Waals surface area contributed by atoms with Crippen molar-refractivity contribution in [2.75, 3.05) is 11.9 Å². The van der Waals surface area contributed by atoms with Crippen LogP contribution in [-0.4, -0.2) is 39.0 Å². The fraction of sp³-hybridized carbons (Fsp3) is 0.438. The normalized spacial score (nSPS) is 12.2. The summed E-state index contributed by atoms with van der Waals surface area (Å²) in [5.41, 5.74) is 1.48. The number of urea groups is 1. The Bertz CT molecular complexity index is 653. The zero-order valence-corrected chi connectivity index (χ0v) is 13.6. The molecule has 2 rings (SSSR count). The van der Waals surface area contributed by atoms with Gasteiger partial charge in [0, 0.05) is 23.9 Å². The lowest BCUT2D eigenvalue weighted by molar-refractivity contribution is 0.227. The van der Waals surface area contributed by atoms with Crippen molar-refractivity contribution in [2.45, 2.75) is 33.2 Å². The second-order valence-corrected chi connectivity index (χ2v) is 5.79. The van der Waals surface area contributed by atoms with Gasteiger partial charge < -0.3 is 15.7 Å². The molecular formula is C16H23N5O2. The number of aromatic amines is 1. The van der Waals surface area contributed by atoms with E-state index in [0.29, 0.717) is 17.9 Å². The number of carbonyl (C=O) groups excluding carboxylic acids is 1. The lowest BCUT2D eigenvalue weighted by Crippen LogP contribution is -2.41. The highest BCUT2D eigenvalue weighted by atomic mass is 16.3. The minimum absolute atomic E-state index is 0.0444. The van der Waals surface area contributed by atoms with Crippen LogP contribution in [0.2, 0.25) is 0 Å². The number of carbonyl (C=O) groups is 1. The van der Waals surface area contributed by atoms with Crippen molar-refractivity contribution in [1.29, 1.82) is 0 Å². The summed E-state index contributed by atoms with van der Waals surface area (Å²) in [4.78, 5) is 16.4. The Kier molecular flexibility index (Phi) is 5.70. The molecule has 1 atom stereocenters. The molecule has 1 aromatic heterocycles. The van der Waals surface area contributed by atoms with Gasteiger partial charge in [-0.3, -0.25) is 5.10 Å². The molecule has 0 spiro atoms. The van der Waals surface area contributed by atoms with E-state index >= 15 is 0 Å². The molecular weight excluding hydrogens is 294 g/mol. The van der Waals surface area contributed by atoms with Crippen LogP contribution in [0, 0.1) is 12.8 Å². The van der Waals surface area contributed by atoms with Crippen LogP contribution >= 0.6 is 0 Å². The summed E-state index contributed by atoms with van der Waals surface area (Å²) in [5, 5.41) is 21.7. The van der Waals surface area contributed by atoms with Crippen molar-refractivity contribution in [3.05, 3.63) is 30.1 Å². The predicted octanol–water partition coefficient (Wildman–Crippen LogP) is 2.31. The number of benzene rings is 1. The van der Waals surface area contributed by atoms with E-state index in [9.17, 15) is 4.79 Å². The van der Waals surface area contributed by atoms with Gasteiger partial charge in [-0.1, -0.05) is 26.0 Å². The Morgan fingerprint density at radius 1 is 1.39 bits per heavy atom. The van der Waals surface area contributed by atoms with Crippen LogP contribution in [-0.2, 0) is 0 Å². The van der Waals surface area contributed by atoms with Gasteiger partial charge in [0.1, 0.15) is 5.82 Å². The van der Waals surface area contributed by atoms with Crippen LogP contribution in [0.3, 0.4) is 0 Å². The maximum atomic E-state index is 12.1. The summed E-state index contributed by atoms with van der Waals surface area (Å²) in [6.07, 6.45) is 0.529. The zero-order chi connectivity index (χ0) is 16.8. The van der Waals surface area contributed by atoms with Crippen LogP contribution in [0.1, 0.15) is 26.1 Å². The molecule has 4 N–H and O–H groups in total. The summed E-state index contributed by atoms with van der Waals surface area (Å²) < 4.78 is 0. The third-order valence-corrected chi connectivity index (χ3v) is 3.54. The first-order chi connectivity index (χ1) is 11.0. The molecule has 0 radical (unpaired) electrons. The summed E-state index contributed by atoms with van der Waals surface area (Å²) in [6, 6.07) is 6.98. The molecule has 2 amide bonds. The van der Waals surface area contributed by atoms with Crippen LogP contribution in [0.5, 0.6) is 0 Å². The third kappa shape index (κ3) is 4.79. The Hall–Kier alpha value is -2.41. The van der Waals surface area contributed by atoms with Gasteiger partial charge in [0.15, 0.2) is 5.82 Å². The molecule has 0 aliphatic rings. The molecule has 1 unspecified atom stereocenters. The first-order valence-corrected chi connectivity index (χ1v) is 7.67. The van der Waals surface area contributed by atoms with E-state index in [1.807, 2.05) is 39.0 Å². The Morgan fingerprint density at radius 3 is 2.78 bits per heavy atom. The number of hydrogen-bond acceptors (Lipinski definition) is 4. The summed E-state index contributed by atoms with van der Waals surface area (Å²) in [5.74, 6) is 1.57. The Labute approximate surface area is 135 Å². The highest BCUT2D eigenvalue weighted by Crippen LogP contribution is 2.19. The molecule has 0 aliphatic carbocycles. The second kappa shape index (κ2) is 7.73. The van der Waals surface area contributed by atoms with E-state index in [4.69, 9.17) is 5.11 Å². The number of H-pyrrole nitrogens is 1. The molecule has 23 heavy (non-hydrogen) atoms. The molecule has 0 aliphatic heterocycles. The molecule has 1 aromatic carbocycles. The standard InChI is InChI=1S/C16H23N5O2/c1-10(2)14(7-8-22)19-16(23)18-13-6-4-5-12(9-13)15-17-11(3)20-21-15/h4-6,9-10,14,22H,7-8H2,1-3H3,(H,17,20,21)(H2,18,19,23). The molecule has 0 saturated heterocycles. The van der Waals surface area contributed by atoms with Gasteiger partial charge in [-0.05, 0) is 31.4 Å². The number of rotatable bonds is 6. The predicted molar refractivity (Wildman–Crippen MR) is 89.0 cm³/mol. The van der Waals surface area contributed by atoms with Gasteiger partial charge in [0.25, 0.3) is 0 Å². The lowest BCUT2D eigenvalue weighted by atomic mass is 10.0. The maximum Gasteiger partial charge on any atom is 0.319 e. The number of aryl methyl sites for hydroxylation is 1. The first kappa shape index (κ1) is 17.0. The second-order valence-electron chi connectivity index (χ2n) is 5.79. The molecule has 7 heteroatoms. The van der Waals surface area contributed by atoms with Crippen molar-refractivity contribution in [3.8, 4) is 11.4 Å². The topological polar surface area (TPSA) is 103 Å². The zero-order valence-electron chi connectivity index (χ0n) is 13.6. The van der Waals surface area contributed by atoms with E-state index in [-0.39, 0.29) is 24.6 Å². The molecule has 0 fully saturated rings. The van der Waals surface area contributed by atoms with Gasteiger partial charge in [0.2, 0.25) is 0 Å². The van der Waals surface area contributed by atoms with Gasteiger partial charge >= 0.3 is 6.03 Å². The van der Waals surface area contributed by atoms with Gasteiger partial charge in [-0.2, -0.15) is 5.10 Å². The van der Waals surface area contributed by atoms with Gasteiger partial charge in [-0.15, -0.1) is 0 Å². The van der Waals surface area contributed by atoms with Crippen molar-refractivity contribution in [3.63, 3.8) is 0 Å². The highest BCUT2D eigenvalue weighted by molar-refractivity contribution is 5.90. The molecule has 1 heterocycles. The number of anilines is 1. The Morgan fingerprint density at radius 2 is 2.17 bits per heavy atom.